The molecule has 0 radical (unpaired) electrons. The van der Waals surface area contributed by atoms with E-state index in [0.717, 1.165) is 28.9 Å². The van der Waals surface area contributed by atoms with E-state index < -0.39 is 6.03 Å². The summed E-state index contributed by atoms with van der Waals surface area (Å²) in [5, 5.41) is 5.67. The van der Waals surface area contributed by atoms with E-state index in [0.29, 0.717) is 31.5 Å². The topological polar surface area (TPSA) is 98.8 Å². The molecule has 4 rings (SSSR count). The second-order valence-electron chi connectivity index (χ2n) is 9.24. The highest BCUT2D eigenvalue weighted by Crippen LogP contribution is 2.34. The van der Waals surface area contributed by atoms with Crippen LogP contribution in [0, 0.1) is 12.8 Å². The molecule has 184 valence electrons. The summed E-state index contributed by atoms with van der Waals surface area (Å²) >= 11 is 0. The van der Waals surface area contributed by atoms with Crippen LogP contribution in [0.4, 0.5) is 10.5 Å². The van der Waals surface area contributed by atoms with E-state index in [1.54, 1.807) is 0 Å². The third kappa shape index (κ3) is 5.88. The summed E-state index contributed by atoms with van der Waals surface area (Å²) in [6.07, 6.45) is 3.78. The zero-order valence-electron chi connectivity index (χ0n) is 20.0. The Morgan fingerprint density at radius 3 is 2.40 bits per heavy atom. The molecule has 2 atom stereocenters. The minimum atomic E-state index is -0.573. The first-order valence-corrected chi connectivity index (χ1v) is 12.2. The molecule has 1 saturated carbocycles. The van der Waals surface area contributed by atoms with Gasteiger partial charge in [-0.25, -0.2) is 4.79 Å². The number of carbonyl (C=O) groups excluding carboxylic acids is 4. The number of para-hydroxylation sites is 1. The van der Waals surface area contributed by atoms with E-state index in [1.165, 1.54) is 4.90 Å². The first-order valence-electron chi connectivity index (χ1n) is 12.2. The van der Waals surface area contributed by atoms with Crippen LogP contribution in [0.5, 0.6) is 0 Å². The van der Waals surface area contributed by atoms with E-state index in [9.17, 15) is 19.2 Å². The number of rotatable bonds is 8. The first-order chi connectivity index (χ1) is 16.9. The average Bonchev–Trinajstić information content (AvgIpc) is 2.86. The van der Waals surface area contributed by atoms with Gasteiger partial charge in [0.2, 0.25) is 17.7 Å². The molecule has 2 aromatic carbocycles. The van der Waals surface area contributed by atoms with Crippen molar-refractivity contribution in [3.05, 3.63) is 65.7 Å². The Morgan fingerprint density at radius 2 is 1.63 bits per heavy atom. The van der Waals surface area contributed by atoms with Gasteiger partial charge in [0.05, 0.1) is 5.92 Å². The van der Waals surface area contributed by atoms with E-state index in [1.807, 2.05) is 61.5 Å². The van der Waals surface area contributed by atoms with Crippen molar-refractivity contribution in [2.45, 2.75) is 45.1 Å². The van der Waals surface area contributed by atoms with Crippen LogP contribution >= 0.6 is 0 Å². The average molecular weight is 477 g/mol. The van der Waals surface area contributed by atoms with Gasteiger partial charge in [0.25, 0.3) is 0 Å². The van der Waals surface area contributed by atoms with Crippen LogP contribution in [-0.2, 0) is 20.8 Å². The molecule has 0 bridgehead atoms. The third-order valence-electron chi connectivity index (χ3n) is 6.80. The number of amides is 5. The zero-order valence-corrected chi connectivity index (χ0v) is 20.0. The molecule has 2 aromatic rings. The molecule has 2 unspecified atom stereocenters. The molecule has 1 aliphatic heterocycles. The minimum Gasteiger partial charge on any atom is -0.354 e. The molecular formula is C27H32N4O4. The lowest BCUT2D eigenvalue weighted by Crippen LogP contribution is -2.64. The van der Waals surface area contributed by atoms with Crippen molar-refractivity contribution < 1.29 is 19.2 Å². The van der Waals surface area contributed by atoms with E-state index in [2.05, 4.69) is 10.6 Å². The van der Waals surface area contributed by atoms with Crippen molar-refractivity contribution in [1.29, 1.82) is 0 Å². The van der Waals surface area contributed by atoms with Gasteiger partial charge in [0, 0.05) is 18.3 Å². The maximum Gasteiger partial charge on any atom is 0.327 e. The van der Waals surface area contributed by atoms with Gasteiger partial charge in [-0.2, -0.15) is 0 Å². The van der Waals surface area contributed by atoms with Crippen molar-refractivity contribution in [3.63, 3.8) is 0 Å². The molecular weight excluding hydrogens is 444 g/mol. The highest BCUT2D eigenvalue weighted by Gasteiger charge is 2.47. The second-order valence-corrected chi connectivity index (χ2v) is 9.24. The number of fused-ring (bicyclic) bond motifs is 1. The largest absolute Gasteiger partial charge is 0.354 e. The lowest BCUT2D eigenvalue weighted by Gasteiger charge is -2.46. The number of nitrogens with one attached hydrogen (secondary N) is 2. The lowest BCUT2D eigenvalue weighted by molar-refractivity contribution is -0.144. The first kappa shape index (κ1) is 24.4. The zero-order chi connectivity index (χ0) is 24.8. The standard InChI is InChI=1S/C27H32N4O4/c1-19-9-5-7-13-22(19)29-25(33)18-30-23-14-8-6-12-21(23)26(34)31(27(30)35)17-24(32)28-16-15-20-10-3-2-4-11-20/h2-5,7,9-11,13,21,23H,6,8,12,14-18H2,1H3,(H,28,32)(H,29,33). The van der Waals surface area contributed by atoms with Crippen LogP contribution < -0.4 is 10.6 Å². The molecule has 35 heavy (non-hydrogen) atoms. The van der Waals surface area contributed by atoms with Gasteiger partial charge in [0.15, 0.2) is 0 Å². The molecule has 1 saturated heterocycles. The summed E-state index contributed by atoms with van der Waals surface area (Å²) in [4.78, 5) is 54.5. The van der Waals surface area contributed by atoms with Gasteiger partial charge in [-0.05, 0) is 43.4 Å². The maximum absolute atomic E-state index is 13.3. The van der Waals surface area contributed by atoms with E-state index >= 15 is 0 Å². The SMILES string of the molecule is Cc1ccccc1NC(=O)CN1C(=O)N(CC(=O)NCCc2ccccc2)C(=O)C2CCCCC21. The third-order valence-corrected chi connectivity index (χ3v) is 6.80. The van der Waals surface area contributed by atoms with Gasteiger partial charge in [-0.1, -0.05) is 61.4 Å². The van der Waals surface area contributed by atoms with Crippen LogP contribution in [0.15, 0.2) is 54.6 Å². The fourth-order valence-corrected chi connectivity index (χ4v) is 4.94. The Balaban J connectivity index is 1.41. The van der Waals surface area contributed by atoms with Crippen molar-refractivity contribution in [1.82, 2.24) is 15.1 Å². The number of hydrogen-bond acceptors (Lipinski definition) is 4. The second kappa shape index (κ2) is 11.2. The number of hydrogen-bond donors (Lipinski definition) is 2. The molecule has 2 aliphatic rings. The monoisotopic (exact) mass is 476 g/mol. The Hall–Kier alpha value is -3.68. The van der Waals surface area contributed by atoms with Crippen LogP contribution in [0.1, 0.15) is 36.8 Å². The fraction of sp³-hybridized carbons (Fsp3) is 0.407. The molecule has 5 amide bonds. The number of urea groups is 1. The molecule has 8 heteroatoms. The number of aryl methyl sites for hydroxylation is 1. The van der Waals surface area contributed by atoms with Crippen molar-refractivity contribution in [2.24, 2.45) is 5.92 Å². The predicted octanol–water partition coefficient (Wildman–Crippen LogP) is 3.12. The smallest absolute Gasteiger partial charge is 0.327 e. The van der Waals surface area contributed by atoms with Crippen LogP contribution in [0.3, 0.4) is 0 Å². The van der Waals surface area contributed by atoms with Gasteiger partial charge >= 0.3 is 6.03 Å². The quantitative estimate of drug-likeness (QED) is 0.612. The highest BCUT2D eigenvalue weighted by molar-refractivity contribution is 6.03. The molecule has 2 fully saturated rings. The minimum absolute atomic E-state index is 0.159. The predicted molar refractivity (Wildman–Crippen MR) is 133 cm³/mol. The highest BCUT2D eigenvalue weighted by atomic mass is 16.2. The van der Waals surface area contributed by atoms with Gasteiger partial charge in [-0.15, -0.1) is 0 Å². The Morgan fingerprint density at radius 1 is 0.914 bits per heavy atom. The fourth-order valence-electron chi connectivity index (χ4n) is 4.94. The Bertz CT molecular complexity index is 1090. The molecule has 8 nitrogen and oxygen atoms in total. The number of carbonyl (C=O) groups is 4. The summed E-state index contributed by atoms with van der Waals surface area (Å²) in [7, 11) is 0. The number of anilines is 1. The van der Waals surface area contributed by atoms with Gasteiger partial charge in [0.1, 0.15) is 13.1 Å². The molecule has 2 N–H and O–H groups in total. The van der Waals surface area contributed by atoms with E-state index in [-0.39, 0.29) is 42.8 Å². The maximum atomic E-state index is 13.3. The van der Waals surface area contributed by atoms with Crippen molar-refractivity contribution in [2.75, 3.05) is 25.0 Å². The summed E-state index contributed by atoms with van der Waals surface area (Å²) in [6.45, 7) is 1.81. The van der Waals surface area contributed by atoms with Crippen LogP contribution in [0.2, 0.25) is 0 Å². The summed E-state index contributed by atoms with van der Waals surface area (Å²) < 4.78 is 0. The van der Waals surface area contributed by atoms with E-state index in [4.69, 9.17) is 0 Å². The summed E-state index contributed by atoms with van der Waals surface area (Å²) in [6, 6.07) is 16.3. The summed E-state index contributed by atoms with van der Waals surface area (Å²) in [5.41, 5.74) is 2.70. The van der Waals surface area contributed by atoms with Crippen LogP contribution in [-0.4, -0.2) is 59.2 Å². The van der Waals surface area contributed by atoms with Gasteiger partial charge < -0.3 is 15.5 Å². The molecule has 0 aromatic heterocycles. The number of benzene rings is 2. The lowest BCUT2D eigenvalue weighted by atomic mass is 9.81. The summed E-state index contributed by atoms with van der Waals surface area (Å²) in [5.74, 6) is -1.40. The Labute approximate surface area is 205 Å². The molecule has 0 spiro atoms. The van der Waals surface area contributed by atoms with Crippen molar-refractivity contribution in [3.8, 4) is 0 Å². The number of nitrogens with zero attached hydrogens (tertiary/aromatic N) is 2. The Kier molecular flexibility index (Phi) is 7.80. The van der Waals surface area contributed by atoms with Gasteiger partial charge in [-0.3, -0.25) is 19.3 Å². The normalized spacial score (nSPS) is 19.8. The number of imide groups is 1. The molecule has 1 aliphatic carbocycles. The molecule has 1 heterocycles. The van der Waals surface area contributed by atoms with Crippen molar-refractivity contribution >= 4 is 29.4 Å². The van der Waals surface area contributed by atoms with Crippen LogP contribution in [0.25, 0.3) is 0 Å².